The second-order valence-electron chi connectivity index (χ2n) is 9.21. The van der Waals surface area contributed by atoms with Gasteiger partial charge in [-0.2, -0.15) is 4.57 Å². The van der Waals surface area contributed by atoms with E-state index in [1.165, 1.54) is 29.1 Å². The maximum atomic E-state index is 13.5. The Morgan fingerprint density at radius 1 is 1.06 bits per heavy atom. The van der Waals surface area contributed by atoms with Crippen molar-refractivity contribution in [2.24, 2.45) is 4.99 Å². The Morgan fingerprint density at radius 3 is 2.56 bits per heavy atom. The van der Waals surface area contributed by atoms with E-state index >= 15 is 0 Å². The summed E-state index contributed by atoms with van der Waals surface area (Å²) in [7, 11) is 1.72. The minimum Gasteiger partial charge on any atom is -0.302 e. The molecule has 1 aromatic carbocycles. The van der Waals surface area contributed by atoms with Crippen LogP contribution in [0.15, 0.2) is 29.4 Å². The topological polar surface area (TPSA) is 65.0 Å². The fraction of sp³-hybridized carbons (Fsp3) is 0.500. The zero-order chi connectivity index (χ0) is 22.6. The molecule has 168 valence electrons. The van der Waals surface area contributed by atoms with Crippen LogP contribution in [-0.2, 0) is 4.79 Å². The summed E-state index contributed by atoms with van der Waals surface area (Å²) in [4.78, 5) is 36.7. The summed E-state index contributed by atoms with van der Waals surface area (Å²) in [6, 6.07) is 5.43. The van der Waals surface area contributed by atoms with E-state index in [0.717, 1.165) is 42.1 Å². The number of amides is 3. The number of amidine groups is 1. The number of rotatable bonds is 4. The highest BCUT2D eigenvalue weighted by Gasteiger charge is 2.53. The molecule has 0 aliphatic carbocycles. The van der Waals surface area contributed by atoms with Gasteiger partial charge in [0, 0.05) is 20.1 Å². The highest BCUT2D eigenvalue weighted by atomic mass is 16.2. The molecule has 2 fully saturated rings. The largest absolute Gasteiger partial charge is 0.406 e. The van der Waals surface area contributed by atoms with E-state index in [-0.39, 0.29) is 11.9 Å². The second kappa shape index (κ2) is 7.85. The van der Waals surface area contributed by atoms with Crippen LogP contribution in [0.4, 0.5) is 10.7 Å². The number of piperidine rings is 1. The average Bonchev–Trinajstić information content (AvgIpc) is 3.29. The number of hydrogen-bond donors (Lipinski definition) is 0. The van der Waals surface area contributed by atoms with Gasteiger partial charge in [0.05, 0.1) is 0 Å². The van der Waals surface area contributed by atoms with Gasteiger partial charge in [0.25, 0.3) is 5.91 Å². The van der Waals surface area contributed by atoms with Crippen molar-refractivity contribution in [2.45, 2.75) is 46.1 Å². The van der Waals surface area contributed by atoms with Crippen molar-refractivity contribution in [1.82, 2.24) is 19.3 Å². The van der Waals surface area contributed by atoms with Gasteiger partial charge in [-0.15, -0.1) is 0 Å². The summed E-state index contributed by atoms with van der Waals surface area (Å²) in [6.45, 7) is 9.39. The van der Waals surface area contributed by atoms with E-state index in [0.29, 0.717) is 18.3 Å². The second-order valence-corrected chi connectivity index (χ2v) is 9.21. The van der Waals surface area contributed by atoms with E-state index in [1.807, 2.05) is 17.7 Å². The molecule has 0 spiro atoms. The number of aryl methyl sites for hydroxylation is 3. The van der Waals surface area contributed by atoms with Gasteiger partial charge in [-0.3, -0.25) is 14.6 Å². The quantitative estimate of drug-likeness (QED) is 0.694. The third kappa shape index (κ3) is 3.24. The molecule has 5 rings (SSSR count). The maximum Gasteiger partial charge on any atom is 0.406 e. The minimum atomic E-state index is -0.598. The highest BCUT2D eigenvalue weighted by Crippen LogP contribution is 2.32. The molecule has 0 saturated carbocycles. The van der Waals surface area contributed by atoms with Crippen molar-refractivity contribution in [1.29, 1.82) is 0 Å². The number of likely N-dealkylation sites (tertiary alicyclic amines) is 1. The van der Waals surface area contributed by atoms with Gasteiger partial charge in [-0.05, 0) is 63.9 Å². The Hall–Kier alpha value is -3.00. The molecule has 2 aromatic rings. The number of urea groups is 1. The predicted molar refractivity (Wildman–Crippen MR) is 121 cm³/mol. The number of hydrogen-bond acceptors (Lipinski definition) is 4. The molecule has 1 aromatic heterocycles. The van der Waals surface area contributed by atoms with Crippen molar-refractivity contribution in [3.8, 4) is 5.69 Å². The van der Waals surface area contributed by atoms with Gasteiger partial charge in [-0.25, -0.2) is 9.36 Å². The van der Waals surface area contributed by atoms with Crippen molar-refractivity contribution in [2.75, 3.05) is 33.2 Å². The van der Waals surface area contributed by atoms with Crippen LogP contribution >= 0.6 is 0 Å². The first-order valence-electron chi connectivity index (χ1n) is 11.5. The molecular weight excluding hydrogens is 404 g/mol. The molecule has 3 amide bonds. The Kier molecular flexibility index (Phi) is 5.12. The van der Waals surface area contributed by atoms with Crippen LogP contribution in [0.5, 0.6) is 0 Å². The summed E-state index contributed by atoms with van der Waals surface area (Å²) < 4.78 is 4.00. The summed E-state index contributed by atoms with van der Waals surface area (Å²) in [5, 5.41) is 0. The molecule has 0 bridgehead atoms. The molecule has 0 radical (unpaired) electrons. The number of aromatic nitrogens is 2. The van der Waals surface area contributed by atoms with Crippen molar-refractivity contribution in [3.05, 3.63) is 41.2 Å². The Bertz CT molecular complexity index is 1130. The third-order valence-electron chi connectivity index (χ3n) is 6.90. The Morgan fingerprint density at radius 2 is 1.81 bits per heavy atom. The number of imidazole rings is 1. The SMILES string of the molecule is Cc1ccc(C)c(-n2c(C)c[n+]3c2N=C2C3C(=O)N(CCN3CCCCC3)C(=O)N2C)c1. The standard InChI is InChI=1S/C24H31N6O2/c1-16-8-9-17(2)19(14-16)30-18(3)15-29-20-21(25-23(29)30)26(4)24(32)28(22(20)31)13-12-27-10-6-5-7-11-27/h8-9,14-15,20H,5-7,10-13H2,1-4H3/q+1. The number of aliphatic imine (C=N–C) groups is 1. The maximum absolute atomic E-state index is 13.5. The van der Waals surface area contributed by atoms with Crippen LogP contribution in [0.1, 0.15) is 42.1 Å². The van der Waals surface area contributed by atoms with E-state index in [9.17, 15) is 9.59 Å². The first-order chi connectivity index (χ1) is 15.4. The molecule has 1 atom stereocenters. The van der Waals surface area contributed by atoms with E-state index in [1.54, 1.807) is 7.05 Å². The summed E-state index contributed by atoms with van der Waals surface area (Å²) in [5.74, 6) is 0.996. The van der Waals surface area contributed by atoms with Gasteiger partial charge in [0.1, 0.15) is 17.6 Å². The molecule has 32 heavy (non-hydrogen) atoms. The number of benzene rings is 1. The van der Waals surface area contributed by atoms with Gasteiger partial charge in [0.2, 0.25) is 11.9 Å². The number of fused-ring (bicyclic) bond motifs is 3. The number of nitrogens with zero attached hydrogens (tertiary/aromatic N) is 6. The summed E-state index contributed by atoms with van der Waals surface area (Å²) >= 11 is 0. The van der Waals surface area contributed by atoms with Crippen molar-refractivity contribution in [3.63, 3.8) is 0 Å². The Balaban J connectivity index is 1.49. The normalized spacial score (nSPS) is 21.1. The first-order valence-corrected chi connectivity index (χ1v) is 11.5. The van der Waals surface area contributed by atoms with Gasteiger partial charge in [-0.1, -0.05) is 23.5 Å². The fourth-order valence-electron chi connectivity index (χ4n) is 5.07. The molecule has 3 aliphatic heterocycles. The van der Waals surface area contributed by atoms with Crippen molar-refractivity contribution < 1.29 is 14.2 Å². The zero-order valence-electron chi connectivity index (χ0n) is 19.3. The monoisotopic (exact) mass is 435 g/mol. The lowest BCUT2D eigenvalue weighted by Gasteiger charge is -2.35. The lowest BCUT2D eigenvalue weighted by Crippen LogP contribution is -2.63. The lowest BCUT2D eigenvalue weighted by atomic mass is 10.1. The molecule has 3 aliphatic rings. The van der Waals surface area contributed by atoms with E-state index in [2.05, 4.69) is 41.5 Å². The first kappa shape index (κ1) is 20.9. The van der Waals surface area contributed by atoms with Gasteiger partial charge < -0.3 is 4.90 Å². The third-order valence-corrected chi connectivity index (χ3v) is 6.90. The highest BCUT2D eigenvalue weighted by molar-refractivity contribution is 6.19. The van der Waals surface area contributed by atoms with Crippen LogP contribution < -0.4 is 4.57 Å². The number of carbonyl (C=O) groups is 2. The number of likely N-dealkylation sites (N-methyl/N-ethyl adjacent to an activating group) is 1. The molecule has 8 nitrogen and oxygen atoms in total. The van der Waals surface area contributed by atoms with Crippen molar-refractivity contribution >= 4 is 23.7 Å². The minimum absolute atomic E-state index is 0.189. The van der Waals surface area contributed by atoms with Crippen LogP contribution in [0.25, 0.3) is 5.69 Å². The van der Waals surface area contributed by atoms with Crippen LogP contribution in [0, 0.1) is 20.8 Å². The zero-order valence-corrected chi connectivity index (χ0v) is 19.3. The Labute approximate surface area is 188 Å². The summed E-state index contributed by atoms with van der Waals surface area (Å²) in [5.41, 5.74) is 4.34. The lowest BCUT2D eigenvalue weighted by molar-refractivity contribution is -0.676. The number of carbonyl (C=O) groups excluding carboxylic acids is 2. The molecule has 8 heteroatoms. The number of imide groups is 1. The average molecular weight is 436 g/mol. The van der Waals surface area contributed by atoms with Gasteiger partial charge >= 0.3 is 12.0 Å². The molecule has 0 N–H and O–H groups in total. The molecule has 1 unspecified atom stereocenters. The van der Waals surface area contributed by atoms with E-state index in [4.69, 9.17) is 4.99 Å². The van der Waals surface area contributed by atoms with Crippen LogP contribution in [-0.4, -0.2) is 70.3 Å². The molecule has 2 saturated heterocycles. The van der Waals surface area contributed by atoms with Crippen LogP contribution in [0.2, 0.25) is 0 Å². The smallest absolute Gasteiger partial charge is 0.302 e. The van der Waals surface area contributed by atoms with Gasteiger partial charge in [0.15, 0.2) is 0 Å². The van der Waals surface area contributed by atoms with E-state index < -0.39 is 6.04 Å². The molecule has 4 heterocycles. The molecular formula is C24H31N6O2+. The predicted octanol–water partition coefficient (Wildman–Crippen LogP) is 2.65. The fourth-order valence-corrected chi connectivity index (χ4v) is 5.07. The summed E-state index contributed by atoms with van der Waals surface area (Å²) in [6.07, 6.45) is 5.61. The van der Waals surface area contributed by atoms with Crippen LogP contribution in [0.3, 0.4) is 0 Å².